The number of hydrogen-bond acceptors (Lipinski definition) is 4. The number of benzene rings is 1. The standard InChI is InChI=1S/C13H18FNO5S/c1-9-6-11(14)7-10(2)13(9)21(18,19)15(4-5-20-3)8-12(16)17/h6-7H,4-5,8H2,1-3H3,(H,16,17). The van der Waals surface area contributed by atoms with Crippen LogP contribution in [0.5, 0.6) is 0 Å². The zero-order valence-corrected chi connectivity index (χ0v) is 12.9. The molecule has 0 spiro atoms. The average Bonchev–Trinajstić information content (AvgIpc) is 2.32. The minimum Gasteiger partial charge on any atom is -0.480 e. The molecule has 0 saturated carbocycles. The quantitative estimate of drug-likeness (QED) is 0.815. The topological polar surface area (TPSA) is 83.9 Å². The maximum atomic E-state index is 13.3. The lowest BCUT2D eigenvalue weighted by Crippen LogP contribution is -2.38. The summed E-state index contributed by atoms with van der Waals surface area (Å²) < 4.78 is 44.1. The van der Waals surface area contributed by atoms with Crippen LogP contribution < -0.4 is 0 Å². The van der Waals surface area contributed by atoms with Crippen LogP contribution in [0, 0.1) is 19.7 Å². The largest absolute Gasteiger partial charge is 0.480 e. The van der Waals surface area contributed by atoms with E-state index >= 15 is 0 Å². The molecule has 8 heteroatoms. The lowest BCUT2D eigenvalue weighted by molar-refractivity contribution is -0.137. The molecule has 0 saturated heterocycles. The van der Waals surface area contributed by atoms with E-state index in [4.69, 9.17) is 9.84 Å². The van der Waals surface area contributed by atoms with Crippen LogP contribution in [0.2, 0.25) is 0 Å². The van der Waals surface area contributed by atoms with E-state index in [-0.39, 0.29) is 29.2 Å². The van der Waals surface area contributed by atoms with Crippen LogP contribution >= 0.6 is 0 Å². The number of aryl methyl sites for hydroxylation is 2. The van der Waals surface area contributed by atoms with Crippen LogP contribution in [0.25, 0.3) is 0 Å². The summed E-state index contributed by atoms with van der Waals surface area (Å²) in [5.41, 5.74) is 0.473. The Bertz CT molecular complexity index is 606. The fourth-order valence-corrected chi connectivity index (χ4v) is 3.85. The second-order valence-electron chi connectivity index (χ2n) is 4.59. The predicted octanol–water partition coefficient (Wildman–Crippen LogP) is 1.16. The molecule has 0 heterocycles. The molecule has 1 aromatic carbocycles. The number of sulfonamides is 1. The number of nitrogens with zero attached hydrogens (tertiary/aromatic N) is 1. The molecule has 0 unspecified atom stereocenters. The average molecular weight is 319 g/mol. The minimum absolute atomic E-state index is 0.0613. The first-order chi connectivity index (χ1) is 9.70. The van der Waals surface area contributed by atoms with Crippen LogP contribution in [0.3, 0.4) is 0 Å². The maximum Gasteiger partial charge on any atom is 0.318 e. The molecule has 1 N–H and O–H groups in total. The van der Waals surface area contributed by atoms with Gasteiger partial charge in [-0.3, -0.25) is 4.79 Å². The summed E-state index contributed by atoms with van der Waals surface area (Å²) in [5, 5.41) is 8.87. The molecule has 0 atom stereocenters. The van der Waals surface area contributed by atoms with Crippen molar-refractivity contribution in [2.45, 2.75) is 18.7 Å². The Morgan fingerprint density at radius 3 is 2.29 bits per heavy atom. The fourth-order valence-electron chi connectivity index (χ4n) is 2.06. The van der Waals surface area contributed by atoms with Crippen molar-refractivity contribution in [3.05, 3.63) is 29.1 Å². The van der Waals surface area contributed by atoms with Gasteiger partial charge in [0.25, 0.3) is 0 Å². The third-order valence-electron chi connectivity index (χ3n) is 2.88. The molecule has 0 amide bonds. The molecule has 0 bridgehead atoms. The summed E-state index contributed by atoms with van der Waals surface area (Å²) in [6.45, 7) is 2.23. The van der Waals surface area contributed by atoms with Gasteiger partial charge in [0, 0.05) is 13.7 Å². The molecule has 1 aromatic rings. The van der Waals surface area contributed by atoms with Crippen molar-refractivity contribution < 1.29 is 27.4 Å². The minimum atomic E-state index is -4.04. The Balaban J connectivity index is 3.31. The van der Waals surface area contributed by atoms with Crippen molar-refractivity contribution in [1.29, 1.82) is 0 Å². The van der Waals surface area contributed by atoms with Gasteiger partial charge in [0.1, 0.15) is 12.4 Å². The van der Waals surface area contributed by atoms with E-state index in [1.54, 1.807) is 0 Å². The van der Waals surface area contributed by atoms with E-state index < -0.39 is 28.4 Å². The Hall–Kier alpha value is -1.51. The summed E-state index contributed by atoms with van der Waals surface area (Å²) in [4.78, 5) is 10.8. The number of carboxylic acids is 1. The highest BCUT2D eigenvalue weighted by molar-refractivity contribution is 7.89. The van der Waals surface area contributed by atoms with Gasteiger partial charge in [-0.15, -0.1) is 0 Å². The van der Waals surface area contributed by atoms with Crippen molar-refractivity contribution in [3.63, 3.8) is 0 Å². The molecule has 21 heavy (non-hydrogen) atoms. The van der Waals surface area contributed by atoms with Crippen LogP contribution in [0.15, 0.2) is 17.0 Å². The molecule has 1 rings (SSSR count). The van der Waals surface area contributed by atoms with Crippen LogP contribution in [0.4, 0.5) is 4.39 Å². The number of aliphatic carboxylic acids is 1. The van der Waals surface area contributed by atoms with Crippen molar-refractivity contribution in [3.8, 4) is 0 Å². The van der Waals surface area contributed by atoms with E-state index in [1.807, 2.05) is 0 Å². The number of carboxylic acid groups (broad SMARTS) is 1. The number of halogens is 1. The lowest BCUT2D eigenvalue weighted by atomic mass is 10.1. The first kappa shape index (κ1) is 17.5. The summed E-state index contributed by atoms with van der Waals surface area (Å²) in [6, 6.07) is 2.21. The zero-order valence-electron chi connectivity index (χ0n) is 12.1. The second kappa shape index (κ2) is 6.97. The fraction of sp³-hybridized carbons (Fsp3) is 0.462. The molecule has 0 radical (unpaired) electrons. The number of ether oxygens (including phenoxy) is 1. The van der Waals surface area contributed by atoms with E-state index in [9.17, 15) is 17.6 Å². The first-order valence-electron chi connectivity index (χ1n) is 6.17. The molecule has 0 aliphatic heterocycles. The second-order valence-corrected chi connectivity index (χ2v) is 6.47. The summed E-state index contributed by atoms with van der Waals surface area (Å²) in [6.07, 6.45) is 0. The number of rotatable bonds is 7. The summed E-state index contributed by atoms with van der Waals surface area (Å²) >= 11 is 0. The molecular weight excluding hydrogens is 301 g/mol. The SMILES string of the molecule is COCCN(CC(=O)O)S(=O)(=O)c1c(C)cc(F)cc1C. The van der Waals surface area contributed by atoms with Crippen LogP contribution in [-0.2, 0) is 19.6 Å². The van der Waals surface area contributed by atoms with Gasteiger partial charge in [0.05, 0.1) is 11.5 Å². The molecule has 118 valence electrons. The number of hydrogen-bond donors (Lipinski definition) is 1. The zero-order chi connectivity index (χ0) is 16.2. The molecule has 0 aliphatic carbocycles. The van der Waals surface area contributed by atoms with Gasteiger partial charge in [-0.2, -0.15) is 4.31 Å². The highest BCUT2D eigenvalue weighted by Crippen LogP contribution is 2.24. The Kier molecular flexibility index (Phi) is 5.82. The monoisotopic (exact) mass is 319 g/mol. The Morgan fingerprint density at radius 1 is 1.33 bits per heavy atom. The molecule has 6 nitrogen and oxygen atoms in total. The van der Waals surface area contributed by atoms with Crippen molar-refractivity contribution >= 4 is 16.0 Å². The van der Waals surface area contributed by atoms with E-state index in [0.717, 1.165) is 16.4 Å². The van der Waals surface area contributed by atoms with Crippen LogP contribution in [-0.4, -0.2) is 50.6 Å². The van der Waals surface area contributed by atoms with Gasteiger partial charge in [-0.25, -0.2) is 12.8 Å². The van der Waals surface area contributed by atoms with E-state index in [0.29, 0.717) is 0 Å². The first-order valence-corrected chi connectivity index (χ1v) is 7.61. The van der Waals surface area contributed by atoms with Crippen LogP contribution in [0.1, 0.15) is 11.1 Å². The van der Waals surface area contributed by atoms with Gasteiger partial charge < -0.3 is 9.84 Å². The summed E-state index contributed by atoms with van der Waals surface area (Å²) in [5.74, 6) is -1.81. The maximum absolute atomic E-state index is 13.3. The van der Waals surface area contributed by atoms with Crippen molar-refractivity contribution in [2.75, 3.05) is 26.8 Å². The highest BCUT2D eigenvalue weighted by Gasteiger charge is 2.29. The van der Waals surface area contributed by atoms with Gasteiger partial charge in [0.2, 0.25) is 10.0 Å². The van der Waals surface area contributed by atoms with Crippen molar-refractivity contribution in [2.24, 2.45) is 0 Å². The summed E-state index contributed by atoms with van der Waals surface area (Å²) in [7, 11) is -2.65. The van der Waals surface area contributed by atoms with Gasteiger partial charge in [-0.05, 0) is 37.1 Å². The van der Waals surface area contributed by atoms with Crippen molar-refractivity contribution in [1.82, 2.24) is 4.31 Å². The third-order valence-corrected chi connectivity index (χ3v) is 5.03. The number of methoxy groups -OCH3 is 1. The van der Waals surface area contributed by atoms with Gasteiger partial charge in [0.15, 0.2) is 0 Å². The van der Waals surface area contributed by atoms with Gasteiger partial charge >= 0.3 is 5.97 Å². The lowest BCUT2D eigenvalue weighted by Gasteiger charge is -2.22. The smallest absolute Gasteiger partial charge is 0.318 e. The van der Waals surface area contributed by atoms with Gasteiger partial charge in [-0.1, -0.05) is 0 Å². The Morgan fingerprint density at radius 2 is 1.86 bits per heavy atom. The predicted molar refractivity (Wildman–Crippen MR) is 74.1 cm³/mol. The molecule has 0 aromatic heterocycles. The normalized spacial score (nSPS) is 11.9. The molecular formula is C13H18FNO5S. The molecule has 0 fully saturated rings. The highest BCUT2D eigenvalue weighted by atomic mass is 32.2. The number of carbonyl (C=O) groups is 1. The van der Waals surface area contributed by atoms with E-state index in [1.165, 1.54) is 21.0 Å². The van der Waals surface area contributed by atoms with E-state index in [2.05, 4.69) is 0 Å². The third kappa shape index (κ3) is 4.23. The Labute approximate surface area is 123 Å². The molecule has 0 aliphatic rings.